The van der Waals surface area contributed by atoms with Gasteiger partial charge >= 0.3 is 0 Å². The predicted molar refractivity (Wildman–Crippen MR) is 91.7 cm³/mol. The quantitative estimate of drug-likeness (QED) is 0.818. The van der Waals surface area contributed by atoms with Gasteiger partial charge in [0.1, 0.15) is 6.33 Å². The van der Waals surface area contributed by atoms with Crippen LogP contribution in [-0.2, 0) is 4.79 Å². The number of nitrogens with zero attached hydrogens (tertiary/aromatic N) is 5. The molecule has 1 aromatic heterocycles. The summed E-state index contributed by atoms with van der Waals surface area (Å²) in [7, 11) is 0. The summed E-state index contributed by atoms with van der Waals surface area (Å²) in [5.74, 6) is 0.736. The van der Waals surface area contributed by atoms with Crippen LogP contribution in [0.3, 0.4) is 0 Å². The maximum Gasteiger partial charge on any atom is 0.224 e. The SMILES string of the molecule is CC(=O)N(c1cccc(/C(C)=N/n2cnnc2C)c1)C(C)(C)C. The molecule has 1 aromatic carbocycles. The van der Waals surface area contributed by atoms with E-state index in [9.17, 15) is 4.79 Å². The molecule has 0 saturated heterocycles. The molecule has 23 heavy (non-hydrogen) atoms. The third kappa shape index (κ3) is 3.83. The van der Waals surface area contributed by atoms with Gasteiger partial charge in [0.25, 0.3) is 0 Å². The van der Waals surface area contributed by atoms with E-state index in [1.807, 2.05) is 58.9 Å². The van der Waals surface area contributed by atoms with Crippen molar-refractivity contribution in [1.29, 1.82) is 0 Å². The Morgan fingerprint density at radius 2 is 1.96 bits per heavy atom. The number of hydrogen-bond acceptors (Lipinski definition) is 4. The maximum atomic E-state index is 12.0. The topological polar surface area (TPSA) is 63.4 Å². The zero-order valence-corrected chi connectivity index (χ0v) is 14.5. The summed E-state index contributed by atoms with van der Waals surface area (Å²) >= 11 is 0. The smallest absolute Gasteiger partial charge is 0.224 e. The molecule has 0 aliphatic heterocycles. The van der Waals surface area contributed by atoms with Crippen molar-refractivity contribution in [3.05, 3.63) is 42.0 Å². The van der Waals surface area contributed by atoms with Crippen LogP contribution >= 0.6 is 0 Å². The number of anilines is 1. The Bertz CT molecular complexity index is 739. The van der Waals surface area contributed by atoms with Crippen molar-refractivity contribution >= 4 is 17.3 Å². The molecular weight excluding hydrogens is 290 g/mol. The first-order chi connectivity index (χ1) is 10.7. The first kappa shape index (κ1) is 16.9. The summed E-state index contributed by atoms with van der Waals surface area (Å²) in [6, 6.07) is 7.83. The molecule has 0 atom stereocenters. The third-order valence-electron chi connectivity index (χ3n) is 3.46. The van der Waals surface area contributed by atoms with Gasteiger partial charge < -0.3 is 4.90 Å². The fourth-order valence-corrected chi connectivity index (χ4v) is 2.52. The lowest BCUT2D eigenvalue weighted by Crippen LogP contribution is -2.44. The highest BCUT2D eigenvalue weighted by Gasteiger charge is 2.25. The average molecular weight is 313 g/mol. The summed E-state index contributed by atoms with van der Waals surface area (Å²) in [4.78, 5) is 13.8. The van der Waals surface area contributed by atoms with Crippen molar-refractivity contribution in [2.45, 2.75) is 47.1 Å². The second-order valence-electron chi connectivity index (χ2n) is 6.48. The molecule has 1 heterocycles. The predicted octanol–water partition coefficient (Wildman–Crippen LogP) is 3.01. The molecule has 0 unspecified atom stereocenters. The van der Waals surface area contributed by atoms with E-state index in [1.54, 1.807) is 22.8 Å². The van der Waals surface area contributed by atoms with Crippen molar-refractivity contribution < 1.29 is 4.79 Å². The number of rotatable bonds is 3. The number of benzene rings is 1. The Morgan fingerprint density at radius 3 is 2.48 bits per heavy atom. The summed E-state index contributed by atoms with van der Waals surface area (Å²) in [5.41, 5.74) is 2.34. The van der Waals surface area contributed by atoms with Crippen LogP contribution in [0.2, 0.25) is 0 Å². The number of carbonyl (C=O) groups excluding carboxylic acids is 1. The number of aryl methyl sites for hydroxylation is 1. The molecule has 6 heteroatoms. The van der Waals surface area contributed by atoms with Crippen molar-refractivity contribution in [1.82, 2.24) is 14.9 Å². The van der Waals surface area contributed by atoms with Crippen LogP contribution in [0.15, 0.2) is 35.7 Å². The van der Waals surface area contributed by atoms with Gasteiger partial charge in [-0.1, -0.05) is 12.1 Å². The zero-order valence-electron chi connectivity index (χ0n) is 14.5. The molecule has 0 fully saturated rings. The van der Waals surface area contributed by atoms with Crippen LogP contribution in [0.4, 0.5) is 5.69 Å². The van der Waals surface area contributed by atoms with Crippen LogP contribution in [0.25, 0.3) is 0 Å². The Labute approximate surface area is 136 Å². The minimum Gasteiger partial charge on any atom is -0.307 e. The monoisotopic (exact) mass is 313 g/mol. The zero-order chi connectivity index (χ0) is 17.2. The number of carbonyl (C=O) groups is 1. The van der Waals surface area contributed by atoms with E-state index in [-0.39, 0.29) is 11.4 Å². The molecule has 122 valence electrons. The highest BCUT2D eigenvalue weighted by Crippen LogP contribution is 2.25. The van der Waals surface area contributed by atoms with Crippen molar-refractivity contribution in [3.63, 3.8) is 0 Å². The summed E-state index contributed by atoms with van der Waals surface area (Å²) < 4.78 is 1.63. The van der Waals surface area contributed by atoms with Gasteiger partial charge in [0.05, 0.1) is 5.71 Å². The minimum atomic E-state index is -0.291. The fraction of sp³-hybridized carbons (Fsp3) is 0.412. The molecule has 1 amide bonds. The highest BCUT2D eigenvalue weighted by atomic mass is 16.2. The van der Waals surface area contributed by atoms with E-state index in [1.165, 1.54) is 0 Å². The van der Waals surface area contributed by atoms with Gasteiger partial charge in [-0.25, -0.2) is 4.68 Å². The second-order valence-corrected chi connectivity index (χ2v) is 6.48. The molecule has 0 saturated carbocycles. The van der Waals surface area contributed by atoms with E-state index in [2.05, 4.69) is 15.3 Å². The Morgan fingerprint density at radius 1 is 1.26 bits per heavy atom. The molecule has 0 spiro atoms. The fourth-order valence-electron chi connectivity index (χ4n) is 2.52. The molecule has 2 aromatic rings. The number of amides is 1. The lowest BCUT2D eigenvalue weighted by molar-refractivity contribution is -0.117. The molecule has 6 nitrogen and oxygen atoms in total. The van der Waals surface area contributed by atoms with Gasteiger partial charge in [-0.3, -0.25) is 4.79 Å². The molecule has 2 rings (SSSR count). The standard InChI is InChI=1S/C17H23N5O/c1-12(20-21-11-18-19-13(21)2)15-8-7-9-16(10-15)22(14(3)23)17(4,5)6/h7-11H,1-6H3/b20-12+. The lowest BCUT2D eigenvalue weighted by atomic mass is 10.0. The van der Waals surface area contributed by atoms with Crippen LogP contribution in [0.1, 0.15) is 46.0 Å². The van der Waals surface area contributed by atoms with Gasteiger partial charge in [-0.2, -0.15) is 5.10 Å². The highest BCUT2D eigenvalue weighted by molar-refractivity contribution is 6.01. The van der Waals surface area contributed by atoms with Crippen molar-refractivity contribution in [2.24, 2.45) is 5.10 Å². The molecule has 0 N–H and O–H groups in total. The van der Waals surface area contributed by atoms with Crippen LogP contribution < -0.4 is 4.90 Å². The first-order valence-corrected chi connectivity index (χ1v) is 7.53. The van der Waals surface area contributed by atoms with Gasteiger partial charge in [-0.05, 0) is 52.3 Å². The van der Waals surface area contributed by atoms with Gasteiger partial charge in [0.15, 0.2) is 5.82 Å². The number of hydrogen-bond donors (Lipinski definition) is 0. The Hall–Kier alpha value is -2.50. The van der Waals surface area contributed by atoms with Crippen molar-refractivity contribution in [3.8, 4) is 0 Å². The minimum absolute atomic E-state index is 0.0129. The Balaban J connectivity index is 2.42. The molecule has 0 bridgehead atoms. The summed E-state index contributed by atoms with van der Waals surface area (Å²) in [5, 5.41) is 12.2. The summed E-state index contributed by atoms with van der Waals surface area (Å²) in [6.07, 6.45) is 1.57. The average Bonchev–Trinajstić information content (AvgIpc) is 2.82. The van der Waals surface area contributed by atoms with Crippen LogP contribution in [0, 0.1) is 6.92 Å². The van der Waals surface area contributed by atoms with Crippen LogP contribution in [0.5, 0.6) is 0 Å². The van der Waals surface area contributed by atoms with E-state index in [4.69, 9.17) is 0 Å². The van der Waals surface area contributed by atoms with Crippen LogP contribution in [-0.4, -0.2) is 32.0 Å². The lowest BCUT2D eigenvalue weighted by Gasteiger charge is -2.35. The molecular formula is C17H23N5O. The third-order valence-corrected chi connectivity index (χ3v) is 3.46. The van der Waals surface area contributed by atoms with Gasteiger partial charge in [0, 0.05) is 18.2 Å². The van der Waals surface area contributed by atoms with E-state index < -0.39 is 0 Å². The Kier molecular flexibility index (Phi) is 4.63. The largest absolute Gasteiger partial charge is 0.307 e. The normalized spacial score (nSPS) is 12.3. The summed E-state index contributed by atoms with van der Waals surface area (Å²) in [6.45, 7) is 11.4. The van der Waals surface area contributed by atoms with E-state index >= 15 is 0 Å². The number of aromatic nitrogens is 3. The second kappa shape index (κ2) is 6.32. The maximum absolute atomic E-state index is 12.0. The molecule has 0 aliphatic rings. The van der Waals surface area contributed by atoms with E-state index in [0.29, 0.717) is 0 Å². The van der Waals surface area contributed by atoms with Crippen molar-refractivity contribution in [2.75, 3.05) is 4.90 Å². The van der Waals surface area contributed by atoms with E-state index in [0.717, 1.165) is 22.8 Å². The first-order valence-electron chi connectivity index (χ1n) is 7.53. The molecule has 0 aliphatic carbocycles. The van der Waals surface area contributed by atoms with Gasteiger partial charge in [-0.15, -0.1) is 10.2 Å². The van der Waals surface area contributed by atoms with Gasteiger partial charge in [0.2, 0.25) is 5.91 Å². The molecule has 0 radical (unpaired) electrons.